The van der Waals surface area contributed by atoms with Crippen LogP contribution in [-0.4, -0.2) is 68.0 Å². The molecule has 0 aromatic heterocycles. The molecule has 0 radical (unpaired) electrons. The van der Waals surface area contributed by atoms with Gasteiger partial charge in [0.25, 0.3) is 0 Å². The first-order valence-corrected chi connectivity index (χ1v) is 11.7. The van der Waals surface area contributed by atoms with E-state index in [0.29, 0.717) is 39.1 Å². The lowest BCUT2D eigenvalue weighted by molar-refractivity contribution is -0.134. The predicted molar refractivity (Wildman–Crippen MR) is 128 cm³/mol. The molecular weight excluding hydrogens is 453 g/mol. The Labute approximate surface area is 203 Å². The summed E-state index contributed by atoms with van der Waals surface area (Å²) in [6.07, 6.45) is 8.36. The van der Waals surface area contributed by atoms with E-state index >= 15 is 0 Å². The zero-order chi connectivity index (χ0) is 20.8. The second kappa shape index (κ2) is 9.82. The molecule has 3 atom stereocenters. The number of rotatable bonds is 5. The summed E-state index contributed by atoms with van der Waals surface area (Å²) in [5, 5.41) is 19.6. The van der Waals surface area contributed by atoms with E-state index in [0.717, 1.165) is 37.3 Å². The van der Waals surface area contributed by atoms with Crippen LogP contribution in [0.4, 0.5) is 0 Å². The minimum atomic E-state index is -0.769. The Morgan fingerprint density at radius 3 is 2.34 bits per heavy atom. The number of nitrogens with one attached hydrogen (secondary N) is 3. The number of carbonyl (C=O) groups is 1. The number of nitrogens with zero attached hydrogens (tertiary/aromatic N) is 1. The van der Waals surface area contributed by atoms with Crippen molar-refractivity contribution in [3.05, 3.63) is 0 Å². The number of ether oxygens (including phenoxy) is 1. The topological polar surface area (TPSA) is 121 Å². The van der Waals surface area contributed by atoms with Crippen molar-refractivity contribution in [3.8, 4) is 0 Å². The molecule has 8 nitrogen and oxygen atoms in total. The number of aliphatic imine (C=N–C) groups is 1. The highest BCUT2D eigenvalue weighted by Crippen LogP contribution is 2.64. The summed E-state index contributed by atoms with van der Waals surface area (Å²) in [7, 11) is 0. The average Bonchev–Trinajstić information content (AvgIpc) is 2.71. The summed E-state index contributed by atoms with van der Waals surface area (Å²) >= 11 is 0. The number of β-amino-alcohol motifs (C(OH)–C–C–N with tert-alkyl or cyclic N) is 1. The molecule has 184 valence electrons. The van der Waals surface area contributed by atoms with Gasteiger partial charge in [0.1, 0.15) is 0 Å². The first-order valence-electron chi connectivity index (χ1n) is 11.7. The van der Waals surface area contributed by atoms with Gasteiger partial charge in [-0.05, 0) is 74.0 Å². The van der Waals surface area contributed by atoms with Crippen LogP contribution in [0, 0.1) is 22.7 Å². The van der Waals surface area contributed by atoms with Crippen molar-refractivity contribution in [2.45, 2.75) is 63.0 Å². The molecule has 4 aliphatic carbocycles. The molecule has 6 N–H and O–H groups in total. The average molecular weight is 492 g/mol. The highest BCUT2D eigenvalue weighted by atomic mass is 35.5. The number of halogens is 2. The van der Waals surface area contributed by atoms with Gasteiger partial charge in [-0.3, -0.25) is 9.79 Å². The van der Waals surface area contributed by atoms with E-state index in [1.54, 1.807) is 0 Å². The van der Waals surface area contributed by atoms with Crippen LogP contribution in [0.5, 0.6) is 0 Å². The van der Waals surface area contributed by atoms with Crippen LogP contribution in [0.15, 0.2) is 4.99 Å². The maximum atomic E-state index is 12.9. The highest BCUT2D eigenvalue weighted by Gasteiger charge is 2.57. The molecule has 4 bridgehead atoms. The fourth-order valence-electron chi connectivity index (χ4n) is 7.39. The quantitative estimate of drug-likeness (QED) is 0.390. The molecule has 6 rings (SSSR count). The van der Waals surface area contributed by atoms with E-state index in [4.69, 9.17) is 10.5 Å². The van der Waals surface area contributed by atoms with Gasteiger partial charge < -0.3 is 31.5 Å². The molecule has 0 aromatic rings. The van der Waals surface area contributed by atoms with Gasteiger partial charge in [-0.2, -0.15) is 0 Å². The molecule has 32 heavy (non-hydrogen) atoms. The van der Waals surface area contributed by atoms with Gasteiger partial charge in [-0.15, -0.1) is 24.8 Å². The molecule has 10 heteroatoms. The third-order valence-electron chi connectivity index (χ3n) is 8.36. The van der Waals surface area contributed by atoms with Crippen molar-refractivity contribution in [1.82, 2.24) is 16.0 Å². The van der Waals surface area contributed by atoms with Crippen molar-refractivity contribution in [1.29, 1.82) is 0 Å². The minimum absolute atomic E-state index is 0. The molecular formula is C22H39Cl2N5O3. The molecule has 6 aliphatic rings. The number of aliphatic hydroxyl groups excluding tert-OH is 1. The van der Waals surface area contributed by atoms with E-state index in [1.165, 1.54) is 32.1 Å². The largest absolute Gasteiger partial charge is 0.389 e. The molecule has 1 saturated heterocycles. The van der Waals surface area contributed by atoms with Gasteiger partial charge in [-0.1, -0.05) is 0 Å². The summed E-state index contributed by atoms with van der Waals surface area (Å²) in [6, 6.07) is 0. The Hall–Kier alpha value is -0.800. The molecule has 2 aliphatic heterocycles. The Morgan fingerprint density at radius 1 is 1.12 bits per heavy atom. The SMILES string of the molecule is Cl.Cl.NC1(C(=O)NCC23CC4CC(C2)CC(CNC2=NCC(O)CN2)(C4)C3)CCOCC1. The lowest BCUT2D eigenvalue weighted by Gasteiger charge is -2.62. The van der Waals surface area contributed by atoms with Crippen molar-refractivity contribution in [2.24, 2.45) is 33.4 Å². The molecule has 1 amide bonds. The molecule has 2 heterocycles. The van der Waals surface area contributed by atoms with Crippen molar-refractivity contribution in [2.75, 3.05) is 39.4 Å². The Kier molecular flexibility index (Phi) is 7.92. The van der Waals surface area contributed by atoms with Gasteiger partial charge in [0.15, 0.2) is 5.96 Å². The second-order valence-corrected chi connectivity index (χ2v) is 11.0. The number of aliphatic hydroxyl groups is 1. The lowest BCUT2D eigenvalue weighted by Crippen LogP contribution is -2.62. The highest BCUT2D eigenvalue weighted by molar-refractivity contribution is 5.86. The summed E-state index contributed by atoms with van der Waals surface area (Å²) in [6.45, 7) is 3.86. The van der Waals surface area contributed by atoms with E-state index in [-0.39, 0.29) is 47.7 Å². The fourth-order valence-corrected chi connectivity index (χ4v) is 7.39. The second-order valence-electron chi connectivity index (χ2n) is 11.0. The Balaban J connectivity index is 0.00000144. The van der Waals surface area contributed by atoms with Crippen molar-refractivity contribution >= 4 is 36.7 Å². The monoisotopic (exact) mass is 491 g/mol. The van der Waals surface area contributed by atoms with Crippen LogP contribution < -0.4 is 21.7 Å². The van der Waals surface area contributed by atoms with Crippen LogP contribution in [-0.2, 0) is 9.53 Å². The number of hydrogen-bond donors (Lipinski definition) is 5. The van der Waals surface area contributed by atoms with Gasteiger partial charge in [0, 0.05) is 32.8 Å². The number of guanidine groups is 1. The maximum Gasteiger partial charge on any atom is 0.240 e. The smallest absolute Gasteiger partial charge is 0.240 e. The van der Waals surface area contributed by atoms with Gasteiger partial charge in [-0.25, -0.2) is 0 Å². The van der Waals surface area contributed by atoms with Gasteiger partial charge >= 0.3 is 0 Å². The fraction of sp³-hybridized carbons (Fsp3) is 0.909. The predicted octanol–water partition coefficient (Wildman–Crippen LogP) is 0.950. The van der Waals surface area contributed by atoms with E-state index in [2.05, 4.69) is 20.9 Å². The minimum Gasteiger partial charge on any atom is -0.389 e. The van der Waals surface area contributed by atoms with Crippen molar-refractivity contribution in [3.63, 3.8) is 0 Å². The maximum absolute atomic E-state index is 12.9. The third kappa shape index (κ3) is 5.14. The first-order chi connectivity index (χ1) is 14.4. The van der Waals surface area contributed by atoms with Crippen LogP contribution in [0.25, 0.3) is 0 Å². The Bertz CT molecular complexity index is 702. The lowest BCUT2D eigenvalue weighted by atomic mass is 9.44. The number of nitrogens with two attached hydrogens (primary N) is 1. The van der Waals surface area contributed by atoms with Crippen molar-refractivity contribution < 1.29 is 14.6 Å². The standard InChI is InChI=1S/C22H37N5O3.2ClH/c23-22(1-3-30-4-2-22)18(29)26-13-20-6-15-5-16(7-20)9-21(8-15,12-20)14-27-19-24-10-17(28)11-25-19;;/h15-17,28H,1-14,23H2,(H,26,29)(H2,24,25,27);2*1H. The molecule has 5 fully saturated rings. The van der Waals surface area contributed by atoms with Gasteiger partial charge in [0.05, 0.1) is 18.2 Å². The Morgan fingerprint density at radius 2 is 1.75 bits per heavy atom. The van der Waals surface area contributed by atoms with Gasteiger partial charge in [0.2, 0.25) is 5.91 Å². The van der Waals surface area contributed by atoms with E-state index < -0.39 is 5.54 Å². The van der Waals surface area contributed by atoms with E-state index in [9.17, 15) is 9.90 Å². The van der Waals surface area contributed by atoms with Crippen LogP contribution >= 0.6 is 24.8 Å². The number of carbonyl (C=O) groups excluding carboxylic acids is 1. The van der Waals surface area contributed by atoms with E-state index in [1.807, 2.05) is 0 Å². The molecule has 0 aromatic carbocycles. The summed E-state index contributed by atoms with van der Waals surface area (Å²) in [5.74, 6) is 2.36. The van der Waals surface area contributed by atoms with Crippen LogP contribution in [0.3, 0.4) is 0 Å². The molecule has 0 spiro atoms. The molecule has 3 unspecified atom stereocenters. The molecule has 4 saturated carbocycles. The first kappa shape index (κ1) is 25.8. The normalized spacial score (nSPS) is 39.1. The summed E-state index contributed by atoms with van der Waals surface area (Å²) < 4.78 is 5.39. The van der Waals surface area contributed by atoms with Crippen LogP contribution in [0.2, 0.25) is 0 Å². The third-order valence-corrected chi connectivity index (χ3v) is 8.36. The zero-order valence-corrected chi connectivity index (χ0v) is 20.4. The summed E-state index contributed by atoms with van der Waals surface area (Å²) in [5.41, 5.74) is 6.13. The number of amides is 1. The zero-order valence-electron chi connectivity index (χ0n) is 18.7. The summed E-state index contributed by atoms with van der Waals surface area (Å²) in [4.78, 5) is 17.3. The number of hydrogen-bond acceptors (Lipinski definition) is 7. The van der Waals surface area contributed by atoms with Crippen LogP contribution in [0.1, 0.15) is 51.4 Å².